The van der Waals surface area contributed by atoms with Crippen molar-refractivity contribution in [1.29, 1.82) is 0 Å². The molecule has 2 heteroatoms. The number of aromatic nitrogens is 2. The van der Waals surface area contributed by atoms with Gasteiger partial charge in [-0.25, -0.2) is 0 Å². The molecule has 252 valence electrons. The van der Waals surface area contributed by atoms with Gasteiger partial charge in [0.05, 0.1) is 5.52 Å². The Morgan fingerprint density at radius 1 is 0.354 bits per heavy atom. The zero-order valence-electron chi connectivity index (χ0n) is 31.6. The van der Waals surface area contributed by atoms with Gasteiger partial charge in [-0.15, -0.1) is 0 Å². The second-order valence-electron chi connectivity index (χ2n) is 16.5. The van der Waals surface area contributed by atoms with Crippen molar-refractivity contribution in [2.24, 2.45) is 0 Å². The third kappa shape index (κ3) is 11.4. The molecule has 0 saturated heterocycles. The molecule has 48 heavy (non-hydrogen) atoms. The highest BCUT2D eigenvalue weighted by Crippen LogP contribution is 2.30. The van der Waals surface area contributed by atoms with E-state index >= 15 is 0 Å². The molecule has 0 N–H and O–H groups in total. The highest BCUT2D eigenvalue weighted by Gasteiger charge is 2.17. The number of nitrogens with zero attached hydrogens (tertiary/aromatic N) is 2. The van der Waals surface area contributed by atoms with Crippen LogP contribution < -0.4 is 0 Å². The van der Waals surface area contributed by atoms with Gasteiger partial charge in [-0.3, -0.25) is 9.97 Å². The van der Waals surface area contributed by atoms with Crippen molar-refractivity contribution in [3.63, 3.8) is 0 Å². The van der Waals surface area contributed by atoms with Gasteiger partial charge in [-0.2, -0.15) is 0 Å². The number of hydrogen-bond donors (Lipinski definition) is 0. The van der Waals surface area contributed by atoms with Crippen LogP contribution in [0.25, 0.3) is 21.7 Å². The summed E-state index contributed by atoms with van der Waals surface area (Å²) < 4.78 is 0. The number of para-hydroxylation sites is 1. The Hall–Kier alpha value is -4.30. The van der Waals surface area contributed by atoms with Crippen LogP contribution in [-0.2, 0) is 21.7 Å². The summed E-state index contributed by atoms with van der Waals surface area (Å²) in [4.78, 5) is 8.31. The molecule has 2 aromatic heterocycles. The zero-order chi connectivity index (χ0) is 35.6. The van der Waals surface area contributed by atoms with Gasteiger partial charge in [-0.1, -0.05) is 174 Å². The fraction of sp³-hybridized carbons (Fsp3) is 0.348. The normalized spacial score (nSPS) is 11.8. The lowest BCUT2D eigenvalue weighted by Crippen LogP contribution is -2.11. The summed E-state index contributed by atoms with van der Waals surface area (Å²) >= 11 is 0. The van der Waals surface area contributed by atoms with Gasteiger partial charge in [-0.05, 0) is 79.0 Å². The number of pyridine rings is 2. The summed E-state index contributed by atoms with van der Waals surface area (Å²) in [5, 5.41) is 3.98. The lowest BCUT2D eigenvalue weighted by molar-refractivity contribution is 0.589. The van der Waals surface area contributed by atoms with Gasteiger partial charge in [0, 0.05) is 24.0 Å². The molecule has 0 atom stereocenters. The molecule has 0 aliphatic carbocycles. The summed E-state index contributed by atoms with van der Waals surface area (Å²) in [6.45, 7) is 26.7. The molecule has 6 rings (SSSR count). The topological polar surface area (TPSA) is 25.8 Å². The van der Waals surface area contributed by atoms with Crippen molar-refractivity contribution in [1.82, 2.24) is 9.97 Å². The molecule has 0 saturated carbocycles. The van der Waals surface area contributed by atoms with Crippen LogP contribution in [0.2, 0.25) is 0 Å². The van der Waals surface area contributed by atoms with Crippen LogP contribution in [0.15, 0.2) is 134 Å². The standard InChI is InChI=1S/C14H16.C13H15N.C10H14.C9H13N/c1-14(2,3)13-10-6-8-11-7-4-5-9-12(11)13;1-13(2,3)11-8-9-14-12-7-5-4-6-10(11)12;1-10(2,3)9-7-5-4-6-8-9;1-9(2,3)8-4-6-10-7-5-8/h4-10H,1-3H3;4-9H,1-3H3;4-8H,1-3H3;4-7H,1-3H3. The van der Waals surface area contributed by atoms with E-state index in [0.29, 0.717) is 5.41 Å². The van der Waals surface area contributed by atoms with Gasteiger partial charge in [0.15, 0.2) is 0 Å². The molecule has 0 unspecified atom stereocenters. The van der Waals surface area contributed by atoms with Crippen molar-refractivity contribution in [2.75, 3.05) is 0 Å². The smallest absolute Gasteiger partial charge is 0.0704 e. The maximum Gasteiger partial charge on any atom is 0.0704 e. The molecule has 4 aromatic carbocycles. The van der Waals surface area contributed by atoms with Crippen molar-refractivity contribution in [3.8, 4) is 0 Å². The summed E-state index contributed by atoms with van der Waals surface area (Å²) in [5.41, 5.74) is 7.56. The highest BCUT2D eigenvalue weighted by atomic mass is 14.6. The monoisotopic (exact) mass is 638 g/mol. The van der Waals surface area contributed by atoms with Gasteiger partial charge in [0.2, 0.25) is 0 Å². The first-order valence-corrected chi connectivity index (χ1v) is 17.2. The van der Waals surface area contributed by atoms with Crippen LogP contribution in [0, 0.1) is 0 Å². The summed E-state index contributed by atoms with van der Waals surface area (Å²) in [6.07, 6.45) is 5.56. The third-order valence-corrected chi connectivity index (χ3v) is 8.24. The van der Waals surface area contributed by atoms with Crippen LogP contribution in [-0.4, -0.2) is 9.97 Å². The van der Waals surface area contributed by atoms with Gasteiger partial charge in [0.25, 0.3) is 0 Å². The Kier molecular flexibility index (Phi) is 12.9. The largest absolute Gasteiger partial charge is 0.265 e. The minimum Gasteiger partial charge on any atom is -0.265 e. The molecule has 2 nitrogen and oxygen atoms in total. The zero-order valence-corrected chi connectivity index (χ0v) is 31.6. The first-order valence-electron chi connectivity index (χ1n) is 17.2. The number of hydrogen-bond acceptors (Lipinski definition) is 2. The molecule has 2 heterocycles. The Bertz CT molecular complexity index is 1680. The molecule has 0 aliphatic rings. The maximum absolute atomic E-state index is 4.36. The Balaban J connectivity index is 0.000000176. The minimum atomic E-state index is 0.183. The molecular formula is C46H58N2. The van der Waals surface area contributed by atoms with E-state index < -0.39 is 0 Å². The number of benzene rings is 4. The van der Waals surface area contributed by atoms with E-state index in [1.54, 1.807) is 0 Å². The average Bonchev–Trinajstić information content (AvgIpc) is 3.04. The first kappa shape index (κ1) is 38.2. The molecule has 0 radical (unpaired) electrons. The minimum absolute atomic E-state index is 0.183. The summed E-state index contributed by atoms with van der Waals surface area (Å²) in [5.74, 6) is 0. The summed E-state index contributed by atoms with van der Waals surface area (Å²) in [7, 11) is 0. The molecule has 0 spiro atoms. The molecule has 0 amide bonds. The Labute approximate surface area is 291 Å². The quantitative estimate of drug-likeness (QED) is 0.165. The van der Waals surface area contributed by atoms with Crippen LogP contribution in [0.1, 0.15) is 105 Å². The van der Waals surface area contributed by atoms with Crippen LogP contribution in [0.5, 0.6) is 0 Å². The average molecular weight is 639 g/mol. The second kappa shape index (κ2) is 16.2. The second-order valence-corrected chi connectivity index (χ2v) is 16.5. The van der Waals surface area contributed by atoms with Gasteiger partial charge < -0.3 is 0 Å². The number of fused-ring (bicyclic) bond motifs is 2. The van der Waals surface area contributed by atoms with E-state index in [9.17, 15) is 0 Å². The molecule has 0 fully saturated rings. The Morgan fingerprint density at radius 3 is 1.33 bits per heavy atom. The molecule has 0 aliphatic heterocycles. The molecule has 0 bridgehead atoms. The lowest BCUT2D eigenvalue weighted by Gasteiger charge is -2.21. The number of rotatable bonds is 0. The van der Waals surface area contributed by atoms with Crippen LogP contribution >= 0.6 is 0 Å². The highest BCUT2D eigenvalue weighted by molar-refractivity contribution is 5.86. The fourth-order valence-electron chi connectivity index (χ4n) is 5.42. The van der Waals surface area contributed by atoms with E-state index in [2.05, 4.69) is 202 Å². The SMILES string of the molecule is CC(C)(C)c1cccc2ccccc12.CC(C)(C)c1ccccc1.CC(C)(C)c1ccnc2ccccc12.CC(C)(C)c1ccncc1. The predicted octanol–water partition coefficient (Wildman–Crippen LogP) is 13.0. The Morgan fingerprint density at radius 2 is 0.812 bits per heavy atom. The van der Waals surface area contributed by atoms with Crippen LogP contribution in [0.4, 0.5) is 0 Å². The van der Waals surface area contributed by atoms with E-state index in [-0.39, 0.29) is 16.2 Å². The van der Waals surface area contributed by atoms with Gasteiger partial charge >= 0.3 is 0 Å². The van der Waals surface area contributed by atoms with E-state index in [0.717, 1.165) is 5.52 Å². The fourth-order valence-corrected chi connectivity index (χ4v) is 5.42. The van der Waals surface area contributed by atoms with Crippen molar-refractivity contribution < 1.29 is 0 Å². The van der Waals surface area contributed by atoms with Crippen molar-refractivity contribution in [3.05, 3.63) is 156 Å². The van der Waals surface area contributed by atoms with Gasteiger partial charge in [0.1, 0.15) is 0 Å². The van der Waals surface area contributed by atoms with Crippen molar-refractivity contribution >= 4 is 21.7 Å². The lowest BCUT2D eigenvalue weighted by atomic mass is 9.84. The first-order chi connectivity index (χ1) is 22.4. The third-order valence-electron chi connectivity index (χ3n) is 8.24. The molecular weight excluding hydrogens is 581 g/mol. The molecule has 6 aromatic rings. The summed E-state index contributed by atoms with van der Waals surface area (Å²) in [6, 6.07) is 40.2. The van der Waals surface area contributed by atoms with Crippen molar-refractivity contribution in [2.45, 2.75) is 105 Å². The predicted molar refractivity (Wildman–Crippen MR) is 211 cm³/mol. The van der Waals surface area contributed by atoms with E-state index in [1.165, 1.54) is 38.4 Å². The van der Waals surface area contributed by atoms with E-state index in [4.69, 9.17) is 0 Å². The van der Waals surface area contributed by atoms with E-state index in [1.807, 2.05) is 24.7 Å². The van der Waals surface area contributed by atoms with Crippen LogP contribution in [0.3, 0.4) is 0 Å². The maximum atomic E-state index is 4.36.